The van der Waals surface area contributed by atoms with Crippen LogP contribution in [0.1, 0.15) is 0 Å². The lowest BCUT2D eigenvalue weighted by atomic mass is 10.00. The Labute approximate surface area is 181 Å². The first-order chi connectivity index (χ1) is 15.2. The van der Waals surface area contributed by atoms with E-state index in [1.807, 2.05) is 48.5 Å². The van der Waals surface area contributed by atoms with E-state index in [-0.39, 0.29) is 5.56 Å². The van der Waals surface area contributed by atoms with Gasteiger partial charge in [-0.3, -0.25) is 9.69 Å². The number of morpholine rings is 1. The first-order valence-electron chi connectivity index (χ1n) is 10.4. The van der Waals surface area contributed by atoms with Crippen LogP contribution in [0, 0.1) is 0 Å². The SMILES string of the molecule is COc1ccc(-c2cc(=O)n(CCN3CCOCC3)nc2-c2ccc(OC)cc2)cc1. The molecular weight excluding hydrogens is 394 g/mol. The van der Waals surface area contributed by atoms with Gasteiger partial charge in [-0.15, -0.1) is 0 Å². The largest absolute Gasteiger partial charge is 0.497 e. The highest BCUT2D eigenvalue weighted by Crippen LogP contribution is 2.31. The molecule has 0 unspecified atom stereocenters. The van der Waals surface area contributed by atoms with Gasteiger partial charge < -0.3 is 14.2 Å². The maximum Gasteiger partial charge on any atom is 0.267 e. The minimum absolute atomic E-state index is 0.115. The van der Waals surface area contributed by atoms with Gasteiger partial charge in [0, 0.05) is 36.8 Å². The lowest BCUT2D eigenvalue weighted by molar-refractivity contribution is 0.0358. The predicted molar refractivity (Wildman–Crippen MR) is 120 cm³/mol. The van der Waals surface area contributed by atoms with Crippen molar-refractivity contribution in [3.05, 3.63) is 65.0 Å². The first kappa shape index (κ1) is 21.1. The summed E-state index contributed by atoms with van der Waals surface area (Å²) in [7, 11) is 3.27. The molecule has 162 valence electrons. The fourth-order valence-electron chi connectivity index (χ4n) is 3.66. The average Bonchev–Trinajstić information content (AvgIpc) is 2.84. The van der Waals surface area contributed by atoms with Crippen LogP contribution in [0.5, 0.6) is 11.5 Å². The molecule has 7 heteroatoms. The first-order valence-corrected chi connectivity index (χ1v) is 10.4. The maximum absolute atomic E-state index is 12.9. The number of rotatable bonds is 7. The Balaban J connectivity index is 1.71. The van der Waals surface area contributed by atoms with Crippen molar-refractivity contribution in [1.29, 1.82) is 0 Å². The summed E-state index contributed by atoms with van der Waals surface area (Å²) in [6.45, 7) is 4.52. The van der Waals surface area contributed by atoms with Gasteiger partial charge >= 0.3 is 0 Å². The molecule has 0 atom stereocenters. The van der Waals surface area contributed by atoms with Crippen molar-refractivity contribution in [2.45, 2.75) is 6.54 Å². The lowest BCUT2D eigenvalue weighted by Gasteiger charge is -2.26. The molecule has 0 bridgehead atoms. The highest BCUT2D eigenvalue weighted by molar-refractivity contribution is 5.80. The Hall–Kier alpha value is -3.16. The van der Waals surface area contributed by atoms with Crippen molar-refractivity contribution in [3.8, 4) is 33.9 Å². The molecular formula is C24H27N3O4. The maximum atomic E-state index is 12.9. The van der Waals surface area contributed by atoms with Gasteiger partial charge in [0.1, 0.15) is 11.5 Å². The Kier molecular flexibility index (Phi) is 6.64. The van der Waals surface area contributed by atoms with E-state index in [1.54, 1.807) is 25.0 Å². The summed E-state index contributed by atoms with van der Waals surface area (Å²) in [4.78, 5) is 15.2. The van der Waals surface area contributed by atoms with Crippen molar-refractivity contribution in [2.24, 2.45) is 0 Å². The summed E-state index contributed by atoms with van der Waals surface area (Å²) >= 11 is 0. The van der Waals surface area contributed by atoms with Gasteiger partial charge in [0.25, 0.3) is 5.56 Å². The quantitative estimate of drug-likeness (QED) is 0.585. The lowest BCUT2D eigenvalue weighted by Crippen LogP contribution is -2.39. The zero-order chi connectivity index (χ0) is 21.6. The summed E-state index contributed by atoms with van der Waals surface area (Å²) in [5.74, 6) is 1.54. The van der Waals surface area contributed by atoms with Crippen LogP contribution in [0.15, 0.2) is 59.4 Å². The van der Waals surface area contributed by atoms with E-state index in [2.05, 4.69) is 4.90 Å². The molecule has 2 heterocycles. The average molecular weight is 421 g/mol. The summed E-state index contributed by atoms with van der Waals surface area (Å²) in [6, 6.07) is 17.1. The number of nitrogens with zero attached hydrogens (tertiary/aromatic N) is 3. The van der Waals surface area contributed by atoms with Crippen LogP contribution in [0.4, 0.5) is 0 Å². The van der Waals surface area contributed by atoms with Crippen molar-refractivity contribution in [1.82, 2.24) is 14.7 Å². The van der Waals surface area contributed by atoms with Gasteiger partial charge in [0.05, 0.1) is 39.7 Å². The molecule has 0 N–H and O–H groups in total. The normalized spacial score (nSPS) is 14.4. The van der Waals surface area contributed by atoms with E-state index in [4.69, 9.17) is 19.3 Å². The molecule has 0 radical (unpaired) electrons. The molecule has 0 amide bonds. The van der Waals surface area contributed by atoms with Gasteiger partial charge in [0.2, 0.25) is 0 Å². The van der Waals surface area contributed by atoms with Gasteiger partial charge in [-0.05, 0) is 42.0 Å². The predicted octanol–water partition coefficient (Wildman–Crippen LogP) is 2.93. The Bertz CT molecular complexity index is 1060. The number of hydrogen-bond donors (Lipinski definition) is 0. The molecule has 0 spiro atoms. The molecule has 1 aromatic heterocycles. The van der Waals surface area contributed by atoms with Crippen molar-refractivity contribution < 1.29 is 14.2 Å². The van der Waals surface area contributed by atoms with Gasteiger partial charge in [-0.25, -0.2) is 4.68 Å². The zero-order valence-electron chi connectivity index (χ0n) is 17.9. The van der Waals surface area contributed by atoms with Crippen LogP contribution in [0.3, 0.4) is 0 Å². The topological polar surface area (TPSA) is 65.8 Å². The molecule has 1 aliphatic heterocycles. The second-order valence-corrected chi connectivity index (χ2v) is 7.38. The van der Waals surface area contributed by atoms with Crippen LogP contribution in [-0.4, -0.2) is 61.7 Å². The highest BCUT2D eigenvalue weighted by atomic mass is 16.5. The van der Waals surface area contributed by atoms with Gasteiger partial charge in [0.15, 0.2) is 0 Å². The third-order valence-electron chi connectivity index (χ3n) is 5.49. The highest BCUT2D eigenvalue weighted by Gasteiger charge is 2.15. The van der Waals surface area contributed by atoms with Crippen molar-refractivity contribution >= 4 is 0 Å². The van der Waals surface area contributed by atoms with E-state index in [0.29, 0.717) is 6.54 Å². The smallest absolute Gasteiger partial charge is 0.267 e. The standard InChI is InChI=1S/C24H27N3O4/c1-29-20-7-3-18(4-8-20)22-17-23(28)27(12-11-26-13-15-31-16-14-26)25-24(22)19-5-9-21(30-2)10-6-19/h3-10,17H,11-16H2,1-2H3. The van der Waals surface area contributed by atoms with Crippen LogP contribution >= 0.6 is 0 Å². The number of hydrogen-bond acceptors (Lipinski definition) is 6. The molecule has 31 heavy (non-hydrogen) atoms. The van der Waals surface area contributed by atoms with Crippen LogP contribution < -0.4 is 15.0 Å². The van der Waals surface area contributed by atoms with Crippen LogP contribution in [-0.2, 0) is 11.3 Å². The molecule has 4 rings (SSSR count). The summed E-state index contributed by atoms with van der Waals surface area (Å²) < 4.78 is 17.5. The number of benzene rings is 2. The minimum Gasteiger partial charge on any atom is -0.497 e. The Morgan fingerprint density at radius 3 is 2.03 bits per heavy atom. The molecule has 0 aliphatic carbocycles. The zero-order valence-corrected chi connectivity index (χ0v) is 17.9. The number of methoxy groups -OCH3 is 2. The Morgan fingerprint density at radius 2 is 1.45 bits per heavy atom. The fourth-order valence-corrected chi connectivity index (χ4v) is 3.66. The second kappa shape index (κ2) is 9.76. The monoisotopic (exact) mass is 421 g/mol. The summed E-state index contributed by atoms with van der Waals surface area (Å²) in [6.07, 6.45) is 0. The third kappa shape index (κ3) is 4.95. The molecule has 1 fully saturated rings. The molecule has 0 saturated carbocycles. The van der Waals surface area contributed by atoms with E-state index in [1.165, 1.54) is 0 Å². The Morgan fingerprint density at radius 1 is 0.871 bits per heavy atom. The summed E-state index contributed by atoms with van der Waals surface area (Å²) in [5, 5.41) is 4.78. The minimum atomic E-state index is -0.115. The molecule has 1 saturated heterocycles. The van der Waals surface area contributed by atoms with E-state index >= 15 is 0 Å². The molecule has 2 aromatic carbocycles. The number of aromatic nitrogens is 2. The molecule has 7 nitrogen and oxygen atoms in total. The third-order valence-corrected chi connectivity index (χ3v) is 5.49. The molecule has 3 aromatic rings. The van der Waals surface area contributed by atoms with Crippen LogP contribution in [0.25, 0.3) is 22.4 Å². The van der Waals surface area contributed by atoms with Crippen molar-refractivity contribution in [2.75, 3.05) is 47.1 Å². The second-order valence-electron chi connectivity index (χ2n) is 7.38. The number of ether oxygens (including phenoxy) is 3. The van der Waals surface area contributed by atoms with Crippen molar-refractivity contribution in [3.63, 3.8) is 0 Å². The van der Waals surface area contributed by atoms with Gasteiger partial charge in [-0.2, -0.15) is 5.10 Å². The summed E-state index contributed by atoms with van der Waals surface area (Å²) in [5.41, 5.74) is 3.27. The van der Waals surface area contributed by atoms with E-state index in [9.17, 15) is 4.79 Å². The van der Waals surface area contributed by atoms with E-state index < -0.39 is 0 Å². The van der Waals surface area contributed by atoms with Crippen LogP contribution in [0.2, 0.25) is 0 Å². The van der Waals surface area contributed by atoms with Gasteiger partial charge in [-0.1, -0.05) is 12.1 Å². The van der Waals surface area contributed by atoms with E-state index in [0.717, 1.165) is 66.7 Å². The fraction of sp³-hybridized carbons (Fsp3) is 0.333. The molecule has 1 aliphatic rings.